The largest absolute Gasteiger partial charge is 0.481 e. The molecule has 1 unspecified atom stereocenters. The topological polar surface area (TPSA) is 87.7 Å². The third kappa shape index (κ3) is 4.76. The van der Waals surface area contributed by atoms with Crippen LogP contribution in [-0.2, 0) is 14.3 Å². The third-order valence-electron chi connectivity index (χ3n) is 4.21. The average molecular weight is 284 g/mol. The van der Waals surface area contributed by atoms with E-state index < -0.39 is 5.97 Å². The van der Waals surface area contributed by atoms with Gasteiger partial charge in [0, 0.05) is 25.6 Å². The first kappa shape index (κ1) is 15.3. The van der Waals surface area contributed by atoms with Crippen molar-refractivity contribution in [3.8, 4) is 0 Å². The lowest BCUT2D eigenvalue weighted by molar-refractivity contribution is -0.143. The highest BCUT2D eigenvalue weighted by atomic mass is 16.5. The van der Waals surface area contributed by atoms with Crippen molar-refractivity contribution in [3.05, 3.63) is 0 Å². The van der Waals surface area contributed by atoms with Crippen LogP contribution in [-0.4, -0.2) is 49.3 Å². The van der Waals surface area contributed by atoms with Gasteiger partial charge in [0.15, 0.2) is 0 Å². The smallest absolute Gasteiger partial charge is 0.306 e. The minimum atomic E-state index is -0.684. The van der Waals surface area contributed by atoms with Crippen LogP contribution < -0.4 is 10.6 Å². The van der Waals surface area contributed by atoms with Crippen molar-refractivity contribution in [2.75, 3.05) is 26.3 Å². The van der Waals surface area contributed by atoms with Gasteiger partial charge in [0.25, 0.3) is 0 Å². The Morgan fingerprint density at radius 2 is 2.00 bits per heavy atom. The maximum Gasteiger partial charge on any atom is 0.306 e. The molecule has 6 nitrogen and oxygen atoms in total. The molecule has 1 aliphatic heterocycles. The summed E-state index contributed by atoms with van der Waals surface area (Å²) < 4.78 is 5.31. The van der Waals surface area contributed by atoms with E-state index in [-0.39, 0.29) is 17.9 Å². The van der Waals surface area contributed by atoms with E-state index in [1.807, 2.05) is 0 Å². The number of carboxylic acid groups (broad SMARTS) is 1. The Bertz CT molecular complexity index is 334. The highest BCUT2D eigenvalue weighted by Gasteiger charge is 2.26. The van der Waals surface area contributed by atoms with Crippen LogP contribution in [0.5, 0.6) is 0 Å². The number of carboxylic acids is 1. The Labute approximate surface area is 119 Å². The predicted molar refractivity (Wildman–Crippen MR) is 73.3 cm³/mol. The second-order valence-corrected chi connectivity index (χ2v) is 5.79. The molecule has 1 amide bonds. The fourth-order valence-corrected chi connectivity index (χ4v) is 2.92. The summed E-state index contributed by atoms with van der Waals surface area (Å²) >= 11 is 0. The first-order valence-electron chi connectivity index (χ1n) is 7.45. The minimum Gasteiger partial charge on any atom is -0.481 e. The summed E-state index contributed by atoms with van der Waals surface area (Å²) in [5, 5.41) is 15.2. The van der Waals surface area contributed by atoms with Crippen molar-refractivity contribution < 1.29 is 19.4 Å². The molecule has 0 radical (unpaired) electrons. The molecular formula is C14H24N2O4. The molecule has 1 saturated heterocycles. The Morgan fingerprint density at radius 3 is 2.60 bits per heavy atom. The van der Waals surface area contributed by atoms with E-state index in [2.05, 4.69) is 10.6 Å². The number of morpholine rings is 1. The standard InChI is InChI=1S/C14H24N2O4/c17-13(7-12-9-20-6-5-15-12)16-8-10-1-3-11(4-2-10)14(18)19/h10-12,15H,1-9H2,(H,16,17)(H,18,19). The molecule has 0 aromatic carbocycles. The molecule has 0 aromatic heterocycles. The zero-order chi connectivity index (χ0) is 14.4. The van der Waals surface area contributed by atoms with Gasteiger partial charge in [0.2, 0.25) is 5.91 Å². The molecule has 0 aromatic rings. The summed E-state index contributed by atoms with van der Waals surface area (Å²) in [6.45, 7) is 2.78. The van der Waals surface area contributed by atoms with Crippen molar-refractivity contribution in [1.29, 1.82) is 0 Å². The fraction of sp³-hybridized carbons (Fsp3) is 0.857. The summed E-state index contributed by atoms with van der Waals surface area (Å²) in [5.74, 6) is -0.403. The van der Waals surface area contributed by atoms with E-state index in [1.54, 1.807) is 0 Å². The number of rotatable bonds is 5. The van der Waals surface area contributed by atoms with Gasteiger partial charge in [0.05, 0.1) is 19.1 Å². The van der Waals surface area contributed by atoms with E-state index in [0.29, 0.717) is 32.1 Å². The van der Waals surface area contributed by atoms with Crippen LogP contribution in [0.2, 0.25) is 0 Å². The fourth-order valence-electron chi connectivity index (χ4n) is 2.92. The lowest BCUT2D eigenvalue weighted by atomic mass is 9.82. The van der Waals surface area contributed by atoms with E-state index >= 15 is 0 Å². The van der Waals surface area contributed by atoms with E-state index in [4.69, 9.17) is 9.84 Å². The molecule has 6 heteroatoms. The van der Waals surface area contributed by atoms with Crippen LogP contribution in [0.15, 0.2) is 0 Å². The Morgan fingerprint density at radius 1 is 1.25 bits per heavy atom. The second-order valence-electron chi connectivity index (χ2n) is 5.79. The van der Waals surface area contributed by atoms with Gasteiger partial charge in [-0.2, -0.15) is 0 Å². The quantitative estimate of drug-likeness (QED) is 0.679. The highest BCUT2D eigenvalue weighted by Crippen LogP contribution is 2.28. The molecule has 1 saturated carbocycles. The molecule has 2 aliphatic rings. The maximum absolute atomic E-state index is 11.8. The SMILES string of the molecule is O=C(CC1COCCN1)NCC1CCC(C(=O)O)CC1. The van der Waals surface area contributed by atoms with Crippen molar-refractivity contribution >= 4 is 11.9 Å². The third-order valence-corrected chi connectivity index (χ3v) is 4.21. The van der Waals surface area contributed by atoms with Gasteiger partial charge in [-0.1, -0.05) is 0 Å². The first-order chi connectivity index (χ1) is 9.65. The molecule has 3 N–H and O–H groups in total. The number of ether oxygens (including phenoxy) is 1. The van der Waals surface area contributed by atoms with Gasteiger partial charge in [-0.05, 0) is 31.6 Å². The number of carbonyl (C=O) groups is 2. The minimum absolute atomic E-state index is 0.0494. The number of hydrogen-bond donors (Lipinski definition) is 3. The van der Waals surface area contributed by atoms with Gasteiger partial charge in [-0.15, -0.1) is 0 Å². The van der Waals surface area contributed by atoms with Crippen molar-refractivity contribution in [2.45, 2.75) is 38.1 Å². The number of amides is 1. The monoisotopic (exact) mass is 284 g/mol. The van der Waals surface area contributed by atoms with Crippen LogP contribution in [0.25, 0.3) is 0 Å². The number of aliphatic carboxylic acids is 1. The summed E-state index contributed by atoms with van der Waals surface area (Å²) in [7, 11) is 0. The summed E-state index contributed by atoms with van der Waals surface area (Å²) in [6.07, 6.45) is 3.69. The van der Waals surface area contributed by atoms with Crippen LogP contribution >= 0.6 is 0 Å². The van der Waals surface area contributed by atoms with Gasteiger partial charge >= 0.3 is 5.97 Å². The lowest BCUT2D eigenvalue weighted by Gasteiger charge is -2.27. The Balaban J connectivity index is 1.60. The second kappa shape index (κ2) is 7.59. The molecule has 1 atom stereocenters. The van der Waals surface area contributed by atoms with E-state index in [9.17, 15) is 9.59 Å². The summed E-state index contributed by atoms with van der Waals surface area (Å²) in [5.41, 5.74) is 0. The molecule has 2 fully saturated rings. The van der Waals surface area contributed by atoms with Crippen LogP contribution in [0.3, 0.4) is 0 Å². The first-order valence-corrected chi connectivity index (χ1v) is 7.45. The predicted octanol–water partition coefficient (Wildman–Crippen LogP) is 0.372. The van der Waals surface area contributed by atoms with Gasteiger partial charge in [0.1, 0.15) is 0 Å². The van der Waals surface area contributed by atoms with E-state index in [1.165, 1.54) is 0 Å². The van der Waals surface area contributed by atoms with Crippen molar-refractivity contribution in [1.82, 2.24) is 10.6 Å². The maximum atomic E-state index is 11.8. The molecule has 1 aliphatic carbocycles. The molecule has 0 bridgehead atoms. The lowest BCUT2D eigenvalue weighted by Crippen LogP contribution is -2.44. The van der Waals surface area contributed by atoms with Gasteiger partial charge in [-0.3, -0.25) is 9.59 Å². The van der Waals surface area contributed by atoms with E-state index in [0.717, 1.165) is 32.2 Å². The molecular weight excluding hydrogens is 260 g/mol. The molecule has 0 spiro atoms. The van der Waals surface area contributed by atoms with Crippen LogP contribution in [0.1, 0.15) is 32.1 Å². The van der Waals surface area contributed by atoms with Crippen molar-refractivity contribution in [3.63, 3.8) is 0 Å². The molecule has 114 valence electrons. The summed E-state index contributed by atoms with van der Waals surface area (Å²) in [6, 6.07) is 0.117. The average Bonchev–Trinajstić information content (AvgIpc) is 2.46. The number of carbonyl (C=O) groups excluding carboxylic acids is 1. The van der Waals surface area contributed by atoms with Gasteiger partial charge < -0.3 is 20.5 Å². The zero-order valence-corrected chi connectivity index (χ0v) is 11.8. The van der Waals surface area contributed by atoms with Crippen LogP contribution in [0, 0.1) is 11.8 Å². The van der Waals surface area contributed by atoms with Gasteiger partial charge in [-0.25, -0.2) is 0 Å². The number of nitrogens with one attached hydrogen (secondary N) is 2. The number of hydrogen-bond acceptors (Lipinski definition) is 4. The Kier molecular flexibility index (Phi) is 5.79. The highest BCUT2D eigenvalue weighted by molar-refractivity contribution is 5.76. The normalized spacial score (nSPS) is 30.7. The van der Waals surface area contributed by atoms with Crippen LogP contribution in [0.4, 0.5) is 0 Å². The zero-order valence-electron chi connectivity index (χ0n) is 11.8. The molecule has 20 heavy (non-hydrogen) atoms. The Hall–Kier alpha value is -1.14. The van der Waals surface area contributed by atoms with Crippen molar-refractivity contribution in [2.24, 2.45) is 11.8 Å². The molecule has 1 heterocycles. The summed E-state index contributed by atoms with van der Waals surface area (Å²) in [4.78, 5) is 22.7. The molecule has 2 rings (SSSR count).